The van der Waals surface area contributed by atoms with Crippen LogP contribution < -0.4 is 5.32 Å². The topological polar surface area (TPSA) is 63.7 Å². The van der Waals surface area contributed by atoms with Crippen molar-refractivity contribution in [3.63, 3.8) is 0 Å². The molecule has 1 aromatic carbocycles. The summed E-state index contributed by atoms with van der Waals surface area (Å²) in [6.45, 7) is 12.5. The molecule has 1 amide bonds. The number of ether oxygens (including phenoxy) is 1. The maximum absolute atomic E-state index is 11.8. The van der Waals surface area contributed by atoms with E-state index >= 15 is 0 Å². The summed E-state index contributed by atoms with van der Waals surface area (Å²) in [6.07, 6.45) is -0.216. The first-order valence-electron chi connectivity index (χ1n) is 11.1. The lowest BCUT2D eigenvalue weighted by Crippen LogP contribution is -2.55. The van der Waals surface area contributed by atoms with Gasteiger partial charge in [-0.3, -0.25) is 14.8 Å². The monoisotopic (exact) mass is 416 g/mol. The Bertz CT molecular complexity index is 667. The Morgan fingerprint density at radius 1 is 0.967 bits per heavy atom. The first-order valence-corrected chi connectivity index (χ1v) is 11.1. The normalized spacial score (nSPS) is 19.1. The second-order valence-corrected chi connectivity index (χ2v) is 7.75. The molecule has 0 aliphatic carbocycles. The maximum atomic E-state index is 11.8. The molecule has 2 aliphatic rings. The van der Waals surface area contributed by atoms with E-state index in [9.17, 15) is 4.79 Å². The quantitative estimate of drug-likeness (QED) is 0.555. The summed E-state index contributed by atoms with van der Waals surface area (Å²) in [5.41, 5.74) is 1.39. The number of guanidine groups is 1. The summed E-state index contributed by atoms with van der Waals surface area (Å²) in [6, 6.07) is 10.7. The Hall–Kier alpha value is -2.32. The lowest BCUT2D eigenvalue weighted by Gasteiger charge is -2.37. The first kappa shape index (κ1) is 22.4. The minimum atomic E-state index is -0.216. The number of hydrogen-bond acceptors (Lipinski definition) is 5. The van der Waals surface area contributed by atoms with Crippen molar-refractivity contribution in [1.29, 1.82) is 0 Å². The van der Waals surface area contributed by atoms with Gasteiger partial charge in [0.15, 0.2) is 5.96 Å². The molecule has 30 heavy (non-hydrogen) atoms. The van der Waals surface area contributed by atoms with Crippen LogP contribution in [0.4, 0.5) is 4.79 Å². The third kappa shape index (κ3) is 6.60. The molecule has 166 valence electrons. The molecule has 2 heterocycles. The minimum Gasteiger partial charge on any atom is -0.450 e. The van der Waals surface area contributed by atoms with Crippen LogP contribution in [0, 0.1) is 0 Å². The van der Waals surface area contributed by atoms with Crippen molar-refractivity contribution in [3.8, 4) is 0 Å². The van der Waals surface area contributed by atoms with Crippen LogP contribution in [0.1, 0.15) is 12.5 Å². The fourth-order valence-corrected chi connectivity index (χ4v) is 3.99. The van der Waals surface area contributed by atoms with Gasteiger partial charge in [-0.1, -0.05) is 30.3 Å². The lowest BCUT2D eigenvalue weighted by molar-refractivity contribution is 0.0913. The summed E-state index contributed by atoms with van der Waals surface area (Å²) in [7, 11) is 1.82. The molecule has 0 saturated carbocycles. The number of piperazine rings is 2. The molecule has 0 radical (unpaired) electrons. The van der Waals surface area contributed by atoms with Gasteiger partial charge in [-0.15, -0.1) is 0 Å². The lowest BCUT2D eigenvalue weighted by atomic mass is 10.2. The molecule has 0 atom stereocenters. The number of carbonyl (C=O) groups excluding carboxylic acids is 1. The Kier molecular flexibility index (Phi) is 8.77. The second kappa shape index (κ2) is 11.8. The molecule has 8 nitrogen and oxygen atoms in total. The zero-order valence-corrected chi connectivity index (χ0v) is 18.4. The van der Waals surface area contributed by atoms with E-state index in [-0.39, 0.29) is 6.09 Å². The SMILES string of the molecule is CCOC(=O)N1CCN(C(=NC)NCCN2CCN(Cc3ccccc3)CC2)CC1. The smallest absolute Gasteiger partial charge is 0.409 e. The van der Waals surface area contributed by atoms with Gasteiger partial charge < -0.3 is 19.9 Å². The summed E-state index contributed by atoms with van der Waals surface area (Å²) in [4.78, 5) is 25.3. The molecule has 2 saturated heterocycles. The number of nitrogens with one attached hydrogen (secondary N) is 1. The summed E-state index contributed by atoms with van der Waals surface area (Å²) in [5.74, 6) is 0.918. The number of carbonyl (C=O) groups is 1. The fraction of sp³-hybridized carbons (Fsp3) is 0.636. The molecule has 2 aliphatic heterocycles. The van der Waals surface area contributed by atoms with Gasteiger partial charge in [-0.25, -0.2) is 4.79 Å². The molecular formula is C22H36N6O2. The zero-order chi connectivity index (χ0) is 21.2. The molecule has 1 aromatic rings. The molecular weight excluding hydrogens is 380 g/mol. The standard InChI is InChI=1S/C22H36N6O2/c1-3-30-22(29)28-17-15-27(16-18-28)21(23-2)24-9-10-25-11-13-26(14-12-25)19-20-7-5-4-6-8-20/h4-8H,3,9-19H2,1-2H3,(H,23,24). The van der Waals surface area contributed by atoms with Gasteiger partial charge in [-0.05, 0) is 12.5 Å². The van der Waals surface area contributed by atoms with Crippen LogP contribution in [0.3, 0.4) is 0 Å². The van der Waals surface area contributed by atoms with E-state index in [4.69, 9.17) is 4.74 Å². The van der Waals surface area contributed by atoms with E-state index in [0.717, 1.165) is 64.9 Å². The van der Waals surface area contributed by atoms with Crippen molar-refractivity contribution in [1.82, 2.24) is 24.9 Å². The van der Waals surface area contributed by atoms with E-state index in [1.54, 1.807) is 4.90 Å². The van der Waals surface area contributed by atoms with Crippen molar-refractivity contribution >= 4 is 12.1 Å². The molecule has 0 spiro atoms. The number of hydrogen-bond donors (Lipinski definition) is 1. The molecule has 1 N–H and O–H groups in total. The van der Waals surface area contributed by atoms with Crippen LogP contribution in [-0.4, -0.2) is 111 Å². The second-order valence-electron chi connectivity index (χ2n) is 7.75. The third-order valence-electron chi connectivity index (χ3n) is 5.74. The number of benzene rings is 1. The first-order chi connectivity index (χ1) is 14.7. The highest BCUT2D eigenvalue weighted by Crippen LogP contribution is 2.08. The average molecular weight is 417 g/mol. The van der Waals surface area contributed by atoms with Crippen LogP contribution in [0.5, 0.6) is 0 Å². The fourth-order valence-electron chi connectivity index (χ4n) is 3.99. The highest BCUT2D eigenvalue weighted by molar-refractivity contribution is 5.80. The average Bonchev–Trinajstić information content (AvgIpc) is 2.79. The number of amides is 1. The van der Waals surface area contributed by atoms with Crippen molar-refractivity contribution in [2.75, 3.05) is 79.1 Å². The van der Waals surface area contributed by atoms with Gasteiger partial charge in [0.05, 0.1) is 6.61 Å². The molecule has 2 fully saturated rings. The van der Waals surface area contributed by atoms with Crippen molar-refractivity contribution < 1.29 is 9.53 Å². The Morgan fingerprint density at radius 2 is 1.60 bits per heavy atom. The van der Waals surface area contributed by atoms with Gasteiger partial charge in [0.2, 0.25) is 0 Å². The Morgan fingerprint density at radius 3 is 2.23 bits per heavy atom. The molecule has 3 rings (SSSR count). The van der Waals surface area contributed by atoms with E-state index in [0.29, 0.717) is 19.7 Å². The number of nitrogens with zero attached hydrogens (tertiary/aromatic N) is 5. The zero-order valence-electron chi connectivity index (χ0n) is 18.4. The third-order valence-corrected chi connectivity index (χ3v) is 5.74. The maximum Gasteiger partial charge on any atom is 0.409 e. The Labute approximate surface area is 180 Å². The Balaban J connectivity index is 1.32. The van der Waals surface area contributed by atoms with Gasteiger partial charge in [0.1, 0.15) is 0 Å². The molecule has 8 heteroatoms. The highest BCUT2D eigenvalue weighted by Gasteiger charge is 2.24. The van der Waals surface area contributed by atoms with E-state index < -0.39 is 0 Å². The summed E-state index contributed by atoms with van der Waals surface area (Å²) >= 11 is 0. The van der Waals surface area contributed by atoms with Crippen molar-refractivity contribution in [3.05, 3.63) is 35.9 Å². The van der Waals surface area contributed by atoms with Crippen LogP contribution in [0.15, 0.2) is 35.3 Å². The van der Waals surface area contributed by atoms with Crippen LogP contribution in [-0.2, 0) is 11.3 Å². The van der Waals surface area contributed by atoms with Gasteiger partial charge >= 0.3 is 6.09 Å². The summed E-state index contributed by atoms with van der Waals surface area (Å²) in [5, 5.41) is 3.49. The molecule has 0 unspecified atom stereocenters. The minimum absolute atomic E-state index is 0.216. The van der Waals surface area contributed by atoms with Crippen LogP contribution in [0.25, 0.3) is 0 Å². The summed E-state index contributed by atoms with van der Waals surface area (Å²) < 4.78 is 5.09. The van der Waals surface area contributed by atoms with E-state index in [1.807, 2.05) is 14.0 Å². The van der Waals surface area contributed by atoms with E-state index in [2.05, 4.69) is 55.3 Å². The predicted molar refractivity (Wildman–Crippen MR) is 120 cm³/mol. The van der Waals surface area contributed by atoms with Crippen LogP contribution in [0.2, 0.25) is 0 Å². The number of aliphatic imine (C=N–C) groups is 1. The van der Waals surface area contributed by atoms with Gasteiger partial charge in [-0.2, -0.15) is 0 Å². The van der Waals surface area contributed by atoms with Crippen LogP contribution >= 0.6 is 0 Å². The number of rotatable bonds is 6. The van der Waals surface area contributed by atoms with Crippen molar-refractivity contribution in [2.24, 2.45) is 4.99 Å². The van der Waals surface area contributed by atoms with Crippen molar-refractivity contribution in [2.45, 2.75) is 13.5 Å². The van der Waals surface area contributed by atoms with Gasteiger partial charge in [0, 0.05) is 79.0 Å². The molecule has 0 bridgehead atoms. The predicted octanol–water partition coefficient (Wildman–Crippen LogP) is 1.15. The van der Waals surface area contributed by atoms with Gasteiger partial charge in [0.25, 0.3) is 0 Å². The highest BCUT2D eigenvalue weighted by atomic mass is 16.6. The molecule has 0 aromatic heterocycles. The largest absolute Gasteiger partial charge is 0.450 e. The van der Waals surface area contributed by atoms with E-state index in [1.165, 1.54) is 5.56 Å².